The van der Waals surface area contributed by atoms with Crippen molar-refractivity contribution in [1.82, 2.24) is 14.6 Å². The number of pyridine rings is 1. The van der Waals surface area contributed by atoms with Crippen LogP contribution in [-0.2, 0) is 4.74 Å². The number of nitrogens with zero attached hydrogens (tertiary/aromatic N) is 3. The fraction of sp³-hybridized carbons (Fsp3) is 0.538. The fourth-order valence-electron chi connectivity index (χ4n) is 1.72. The van der Waals surface area contributed by atoms with Crippen molar-refractivity contribution in [3.8, 4) is 0 Å². The summed E-state index contributed by atoms with van der Waals surface area (Å²) in [5.74, 6) is 0.181. The van der Waals surface area contributed by atoms with Crippen LogP contribution in [0, 0.1) is 11.2 Å². The van der Waals surface area contributed by atoms with Crippen molar-refractivity contribution >= 4 is 11.6 Å². The zero-order valence-electron chi connectivity index (χ0n) is 11.5. The van der Waals surface area contributed by atoms with E-state index in [4.69, 9.17) is 4.74 Å². The van der Waals surface area contributed by atoms with Crippen LogP contribution in [0.4, 0.5) is 10.3 Å². The second kappa shape index (κ2) is 5.52. The average molecular weight is 266 g/mol. The Morgan fingerprint density at radius 1 is 1.42 bits per heavy atom. The third-order valence-corrected chi connectivity index (χ3v) is 3.00. The van der Waals surface area contributed by atoms with Crippen LogP contribution in [0.1, 0.15) is 20.3 Å². The number of halogens is 1. The number of fused-ring (bicyclic) bond motifs is 1. The van der Waals surface area contributed by atoms with Gasteiger partial charge in [0.1, 0.15) is 5.82 Å². The molecule has 0 fully saturated rings. The summed E-state index contributed by atoms with van der Waals surface area (Å²) < 4.78 is 19.6. The minimum absolute atomic E-state index is 0.0821. The van der Waals surface area contributed by atoms with E-state index in [9.17, 15) is 4.39 Å². The molecular formula is C13H19FN4O. The molecule has 0 radical (unpaired) electrons. The average Bonchev–Trinajstić information content (AvgIpc) is 2.76. The molecule has 19 heavy (non-hydrogen) atoms. The molecule has 0 amide bonds. The summed E-state index contributed by atoms with van der Waals surface area (Å²) in [7, 11) is 1.70. The highest BCUT2D eigenvalue weighted by molar-refractivity contribution is 5.43. The first kappa shape index (κ1) is 13.7. The number of rotatable bonds is 6. The third-order valence-electron chi connectivity index (χ3n) is 3.00. The van der Waals surface area contributed by atoms with Crippen molar-refractivity contribution < 1.29 is 9.13 Å². The van der Waals surface area contributed by atoms with Crippen LogP contribution in [0.5, 0.6) is 0 Å². The van der Waals surface area contributed by atoms with E-state index in [1.165, 1.54) is 16.8 Å². The van der Waals surface area contributed by atoms with Crippen LogP contribution in [-0.4, -0.2) is 34.9 Å². The lowest BCUT2D eigenvalue weighted by molar-refractivity contribution is 0.157. The maximum absolute atomic E-state index is 13.0. The van der Waals surface area contributed by atoms with Crippen molar-refractivity contribution in [2.75, 3.05) is 25.6 Å². The van der Waals surface area contributed by atoms with E-state index in [1.807, 2.05) is 0 Å². The van der Waals surface area contributed by atoms with E-state index in [0.29, 0.717) is 11.6 Å². The molecule has 0 saturated heterocycles. The van der Waals surface area contributed by atoms with Gasteiger partial charge < -0.3 is 10.1 Å². The Hall–Kier alpha value is -1.69. The molecule has 2 aromatic rings. The number of hydrogen-bond acceptors (Lipinski definition) is 4. The van der Waals surface area contributed by atoms with Crippen LogP contribution >= 0.6 is 0 Å². The molecule has 0 spiro atoms. The Morgan fingerprint density at radius 2 is 2.21 bits per heavy atom. The maximum atomic E-state index is 13.0. The van der Waals surface area contributed by atoms with Gasteiger partial charge in [0, 0.05) is 20.3 Å². The van der Waals surface area contributed by atoms with Crippen molar-refractivity contribution in [2.45, 2.75) is 20.3 Å². The van der Waals surface area contributed by atoms with Crippen LogP contribution in [0.2, 0.25) is 0 Å². The number of ether oxygens (including phenoxy) is 1. The summed E-state index contributed by atoms with van der Waals surface area (Å²) in [6, 6.07) is 2.97. The largest absolute Gasteiger partial charge is 0.385 e. The zero-order valence-corrected chi connectivity index (χ0v) is 11.5. The Labute approximate surface area is 111 Å². The third kappa shape index (κ3) is 3.64. The topological polar surface area (TPSA) is 51.5 Å². The highest BCUT2D eigenvalue weighted by Gasteiger charge is 2.18. The molecule has 5 nitrogen and oxygen atoms in total. The van der Waals surface area contributed by atoms with Gasteiger partial charge in [-0.15, -0.1) is 5.10 Å². The van der Waals surface area contributed by atoms with Crippen LogP contribution in [0.25, 0.3) is 5.65 Å². The summed E-state index contributed by atoms with van der Waals surface area (Å²) >= 11 is 0. The monoisotopic (exact) mass is 266 g/mol. The summed E-state index contributed by atoms with van der Waals surface area (Å²) in [6.07, 6.45) is 2.25. The lowest BCUT2D eigenvalue weighted by Crippen LogP contribution is -2.25. The smallest absolute Gasteiger partial charge is 0.243 e. The van der Waals surface area contributed by atoms with E-state index in [0.717, 1.165) is 19.6 Å². The summed E-state index contributed by atoms with van der Waals surface area (Å²) in [5, 5.41) is 7.36. The van der Waals surface area contributed by atoms with E-state index in [1.54, 1.807) is 13.2 Å². The van der Waals surface area contributed by atoms with Gasteiger partial charge >= 0.3 is 0 Å². The normalized spacial score (nSPS) is 12.0. The molecular weight excluding hydrogens is 247 g/mol. The van der Waals surface area contributed by atoms with E-state index >= 15 is 0 Å². The minimum atomic E-state index is -0.329. The molecule has 2 heterocycles. The molecule has 2 aromatic heterocycles. The highest BCUT2D eigenvalue weighted by atomic mass is 19.1. The van der Waals surface area contributed by atoms with Gasteiger partial charge in [0.25, 0.3) is 0 Å². The molecule has 0 bridgehead atoms. The fourth-order valence-corrected chi connectivity index (χ4v) is 1.72. The number of anilines is 1. The van der Waals surface area contributed by atoms with Gasteiger partial charge in [0.15, 0.2) is 5.65 Å². The number of aromatic nitrogens is 3. The Kier molecular flexibility index (Phi) is 3.99. The van der Waals surface area contributed by atoms with Gasteiger partial charge in [0.05, 0.1) is 6.20 Å². The highest BCUT2D eigenvalue weighted by Crippen LogP contribution is 2.20. The molecule has 2 rings (SSSR count). The second-order valence-electron chi connectivity index (χ2n) is 5.35. The molecule has 0 unspecified atom stereocenters. The van der Waals surface area contributed by atoms with Gasteiger partial charge in [0.2, 0.25) is 5.95 Å². The quantitative estimate of drug-likeness (QED) is 0.872. The predicted molar refractivity (Wildman–Crippen MR) is 71.7 cm³/mol. The van der Waals surface area contributed by atoms with Crippen LogP contribution < -0.4 is 5.32 Å². The lowest BCUT2D eigenvalue weighted by atomic mass is 9.90. The van der Waals surface area contributed by atoms with Gasteiger partial charge in [-0.1, -0.05) is 13.8 Å². The molecule has 0 atom stereocenters. The van der Waals surface area contributed by atoms with Gasteiger partial charge in [-0.25, -0.2) is 8.91 Å². The summed E-state index contributed by atoms with van der Waals surface area (Å²) in [4.78, 5) is 4.28. The van der Waals surface area contributed by atoms with E-state index < -0.39 is 0 Å². The summed E-state index contributed by atoms with van der Waals surface area (Å²) in [5.41, 5.74) is 0.706. The maximum Gasteiger partial charge on any atom is 0.243 e. The number of methoxy groups -OCH3 is 1. The van der Waals surface area contributed by atoms with Gasteiger partial charge in [-0.05, 0) is 24.0 Å². The van der Waals surface area contributed by atoms with Crippen molar-refractivity contribution in [2.24, 2.45) is 5.41 Å². The standard InChI is InChI=1S/C13H19FN4O/c1-13(2,6-7-19-3)9-15-12-16-11-5-4-10(14)8-18(11)17-12/h4-5,8H,6-7,9H2,1-3H3,(H,15,17). The molecule has 0 aliphatic rings. The molecule has 104 valence electrons. The lowest BCUT2D eigenvalue weighted by Gasteiger charge is -2.23. The van der Waals surface area contributed by atoms with Gasteiger partial charge in [-0.3, -0.25) is 0 Å². The molecule has 0 aliphatic carbocycles. The van der Waals surface area contributed by atoms with Gasteiger partial charge in [-0.2, -0.15) is 4.98 Å². The first-order valence-electron chi connectivity index (χ1n) is 6.25. The van der Waals surface area contributed by atoms with Crippen molar-refractivity contribution in [3.63, 3.8) is 0 Å². The van der Waals surface area contributed by atoms with Crippen LogP contribution in [0.15, 0.2) is 18.3 Å². The van der Waals surface area contributed by atoms with E-state index in [-0.39, 0.29) is 11.2 Å². The predicted octanol–water partition coefficient (Wildman–Crippen LogP) is 2.34. The Bertz CT molecular complexity index is 553. The zero-order chi connectivity index (χ0) is 13.9. The first-order valence-corrected chi connectivity index (χ1v) is 6.25. The van der Waals surface area contributed by atoms with E-state index in [2.05, 4.69) is 29.2 Å². The Morgan fingerprint density at radius 3 is 2.95 bits per heavy atom. The molecule has 0 saturated carbocycles. The molecule has 0 aromatic carbocycles. The molecule has 0 aliphatic heterocycles. The SMILES string of the molecule is COCCC(C)(C)CNc1nc2ccc(F)cn2n1. The molecule has 1 N–H and O–H groups in total. The van der Waals surface area contributed by atoms with Crippen molar-refractivity contribution in [3.05, 3.63) is 24.1 Å². The van der Waals surface area contributed by atoms with Crippen LogP contribution in [0.3, 0.4) is 0 Å². The number of nitrogens with one attached hydrogen (secondary N) is 1. The molecule has 6 heteroatoms. The summed E-state index contributed by atoms with van der Waals surface area (Å²) in [6.45, 7) is 5.75. The second-order valence-corrected chi connectivity index (χ2v) is 5.35. The minimum Gasteiger partial charge on any atom is -0.385 e. The number of hydrogen-bond donors (Lipinski definition) is 1. The van der Waals surface area contributed by atoms with Crippen molar-refractivity contribution in [1.29, 1.82) is 0 Å². The first-order chi connectivity index (χ1) is 9.00. The Balaban J connectivity index is 2.01.